The highest BCUT2D eigenvalue weighted by molar-refractivity contribution is 5.29. The molecule has 0 amide bonds. The van der Waals surface area contributed by atoms with E-state index in [0.29, 0.717) is 0 Å². The normalized spacial score (nSPS) is 16.2. The van der Waals surface area contributed by atoms with Gasteiger partial charge in [-0.1, -0.05) is 60.7 Å². The third kappa shape index (κ3) is 2.38. The Kier molecular flexibility index (Phi) is 3.27. The fourth-order valence-corrected chi connectivity index (χ4v) is 1.94. The fourth-order valence-electron chi connectivity index (χ4n) is 1.94. The van der Waals surface area contributed by atoms with Crippen molar-refractivity contribution in [3.8, 4) is 0 Å². The number of rotatable bonds is 3. The minimum atomic E-state index is -1.07. The zero-order valence-electron chi connectivity index (χ0n) is 9.88. The summed E-state index contributed by atoms with van der Waals surface area (Å²) < 4.78 is 0. The predicted molar refractivity (Wildman–Crippen MR) is 69.4 cm³/mol. The summed E-state index contributed by atoms with van der Waals surface area (Å²) >= 11 is 0. The molecule has 0 unspecified atom stereocenters. The lowest BCUT2D eigenvalue weighted by atomic mass is 9.85. The monoisotopic (exact) mass is 227 g/mol. The van der Waals surface area contributed by atoms with Gasteiger partial charge in [-0.15, -0.1) is 0 Å². The number of hydrogen-bond donors (Lipinski definition) is 2. The molecule has 2 aromatic rings. The van der Waals surface area contributed by atoms with Crippen LogP contribution in [0.1, 0.15) is 24.1 Å². The first-order chi connectivity index (χ1) is 8.12. The highest BCUT2D eigenvalue weighted by Gasteiger charge is 2.31. The van der Waals surface area contributed by atoms with E-state index in [1.165, 1.54) is 0 Å². The van der Waals surface area contributed by atoms with Crippen molar-refractivity contribution in [3.05, 3.63) is 71.8 Å². The first-order valence-corrected chi connectivity index (χ1v) is 5.71. The van der Waals surface area contributed by atoms with Crippen LogP contribution in [-0.4, -0.2) is 5.11 Å². The lowest BCUT2D eigenvalue weighted by molar-refractivity contribution is 0.0282. The van der Waals surface area contributed by atoms with Crippen molar-refractivity contribution in [2.75, 3.05) is 0 Å². The molecule has 0 radical (unpaired) electrons. The Bertz CT molecular complexity index is 465. The second-order valence-corrected chi connectivity index (χ2v) is 4.40. The van der Waals surface area contributed by atoms with E-state index in [1.54, 1.807) is 6.92 Å². The van der Waals surface area contributed by atoms with Crippen molar-refractivity contribution >= 4 is 0 Å². The molecule has 0 saturated carbocycles. The van der Waals surface area contributed by atoms with E-state index in [2.05, 4.69) is 0 Å². The fraction of sp³-hybridized carbons (Fsp3) is 0.200. The average Bonchev–Trinajstić information content (AvgIpc) is 2.40. The van der Waals surface area contributed by atoms with E-state index < -0.39 is 11.6 Å². The summed E-state index contributed by atoms with van der Waals surface area (Å²) in [6.45, 7) is 1.75. The molecule has 2 atom stereocenters. The third-order valence-electron chi connectivity index (χ3n) is 3.12. The number of hydrogen-bond acceptors (Lipinski definition) is 2. The number of nitrogens with two attached hydrogens (primary N) is 1. The molecule has 0 spiro atoms. The van der Waals surface area contributed by atoms with Crippen LogP contribution in [0.25, 0.3) is 0 Å². The van der Waals surface area contributed by atoms with Gasteiger partial charge in [-0.3, -0.25) is 0 Å². The van der Waals surface area contributed by atoms with Crippen LogP contribution in [0.4, 0.5) is 0 Å². The average molecular weight is 227 g/mol. The van der Waals surface area contributed by atoms with Gasteiger partial charge in [0.25, 0.3) is 0 Å². The van der Waals surface area contributed by atoms with E-state index in [9.17, 15) is 5.11 Å². The van der Waals surface area contributed by atoms with Gasteiger partial charge in [0.1, 0.15) is 5.60 Å². The third-order valence-corrected chi connectivity index (χ3v) is 3.12. The molecule has 0 aliphatic carbocycles. The van der Waals surface area contributed by atoms with E-state index in [1.807, 2.05) is 60.7 Å². The van der Waals surface area contributed by atoms with Crippen LogP contribution in [-0.2, 0) is 5.60 Å². The van der Waals surface area contributed by atoms with Crippen molar-refractivity contribution in [2.24, 2.45) is 5.73 Å². The van der Waals surface area contributed by atoms with Crippen LogP contribution in [0, 0.1) is 0 Å². The Morgan fingerprint density at radius 2 is 1.41 bits per heavy atom. The molecule has 0 aliphatic rings. The molecule has 0 aromatic heterocycles. The van der Waals surface area contributed by atoms with Gasteiger partial charge in [0.05, 0.1) is 6.04 Å². The molecule has 0 aliphatic heterocycles. The van der Waals surface area contributed by atoms with E-state index >= 15 is 0 Å². The van der Waals surface area contributed by atoms with E-state index in [-0.39, 0.29) is 0 Å². The second-order valence-electron chi connectivity index (χ2n) is 4.40. The Hall–Kier alpha value is -1.64. The predicted octanol–water partition coefficient (Wildman–Crippen LogP) is 2.59. The van der Waals surface area contributed by atoms with Crippen molar-refractivity contribution in [1.82, 2.24) is 0 Å². The molecule has 0 fully saturated rings. The minimum absolute atomic E-state index is 0.439. The van der Waals surface area contributed by atoms with E-state index in [4.69, 9.17) is 5.73 Å². The Labute approximate surface area is 102 Å². The van der Waals surface area contributed by atoms with Crippen LogP contribution in [0.2, 0.25) is 0 Å². The largest absolute Gasteiger partial charge is 0.383 e. The van der Waals surface area contributed by atoms with Crippen LogP contribution in [0.3, 0.4) is 0 Å². The molecular formula is C15H17NO. The van der Waals surface area contributed by atoms with Crippen LogP contribution in [0.5, 0.6) is 0 Å². The Morgan fingerprint density at radius 3 is 1.94 bits per heavy atom. The van der Waals surface area contributed by atoms with Gasteiger partial charge in [-0.25, -0.2) is 0 Å². The van der Waals surface area contributed by atoms with Gasteiger partial charge >= 0.3 is 0 Å². The maximum atomic E-state index is 10.6. The standard InChI is InChI=1S/C15H17NO/c1-15(17,13-10-6-3-7-11-13)14(16)12-8-4-2-5-9-12/h2-11,14,17H,16H2,1H3/t14-,15-/m0/s1. The lowest BCUT2D eigenvalue weighted by Crippen LogP contribution is -2.35. The molecule has 17 heavy (non-hydrogen) atoms. The summed E-state index contributed by atoms with van der Waals surface area (Å²) in [7, 11) is 0. The smallest absolute Gasteiger partial charge is 0.106 e. The second kappa shape index (κ2) is 4.70. The number of aliphatic hydroxyl groups is 1. The molecule has 2 aromatic carbocycles. The topological polar surface area (TPSA) is 46.2 Å². The summed E-state index contributed by atoms with van der Waals surface area (Å²) in [6, 6.07) is 18.7. The Morgan fingerprint density at radius 1 is 0.941 bits per heavy atom. The first kappa shape index (κ1) is 11.8. The summed E-state index contributed by atoms with van der Waals surface area (Å²) in [5, 5.41) is 10.6. The number of benzene rings is 2. The molecule has 2 heteroatoms. The molecule has 0 saturated heterocycles. The van der Waals surface area contributed by atoms with Gasteiger partial charge in [0.15, 0.2) is 0 Å². The van der Waals surface area contributed by atoms with Gasteiger partial charge in [0.2, 0.25) is 0 Å². The SMILES string of the molecule is C[C@](O)(c1ccccc1)[C@@H](N)c1ccccc1. The van der Waals surface area contributed by atoms with Gasteiger partial charge in [-0.05, 0) is 18.1 Å². The summed E-state index contributed by atoms with van der Waals surface area (Å²) in [5.74, 6) is 0. The molecule has 0 heterocycles. The summed E-state index contributed by atoms with van der Waals surface area (Å²) in [4.78, 5) is 0. The highest BCUT2D eigenvalue weighted by Crippen LogP contribution is 2.32. The molecule has 88 valence electrons. The van der Waals surface area contributed by atoms with Crippen LogP contribution >= 0.6 is 0 Å². The molecular weight excluding hydrogens is 210 g/mol. The zero-order chi connectivity index (χ0) is 12.3. The first-order valence-electron chi connectivity index (χ1n) is 5.71. The lowest BCUT2D eigenvalue weighted by Gasteiger charge is -2.31. The van der Waals surface area contributed by atoms with Gasteiger partial charge < -0.3 is 10.8 Å². The van der Waals surface area contributed by atoms with Crippen LogP contribution < -0.4 is 5.73 Å². The van der Waals surface area contributed by atoms with Crippen molar-refractivity contribution < 1.29 is 5.11 Å². The van der Waals surface area contributed by atoms with Crippen molar-refractivity contribution in [2.45, 2.75) is 18.6 Å². The zero-order valence-corrected chi connectivity index (χ0v) is 9.88. The molecule has 2 rings (SSSR count). The quantitative estimate of drug-likeness (QED) is 0.846. The van der Waals surface area contributed by atoms with Crippen molar-refractivity contribution in [3.63, 3.8) is 0 Å². The maximum absolute atomic E-state index is 10.6. The van der Waals surface area contributed by atoms with Gasteiger partial charge in [0, 0.05) is 0 Å². The minimum Gasteiger partial charge on any atom is -0.383 e. The molecule has 3 N–H and O–H groups in total. The van der Waals surface area contributed by atoms with Crippen molar-refractivity contribution in [1.29, 1.82) is 0 Å². The van der Waals surface area contributed by atoms with Crippen LogP contribution in [0.15, 0.2) is 60.7 Å². The van der Waals surface area contributed by atoms with Gasteiger partial charge in [-0.2, -0.15) is 0 Å². The summed E-state index contributed by atoms with van der Waals surface area (Å²) in [6.07, 6.45) is 0. The van der Waals surface area contributed by atoms with E-state index in [0.717, 1.165) is 11.1 Å². The molecule has 0 bridgehead atoms. The maximum Gasteiger partial charge on any atom is 0.106 e. The molecule has 2 nitrogen and oxygen atoms in total. The summed E-state index contributed by atoms with van der Waals surface area (Å²) in [5.41, 5.74) is 6.85. The highest BCUT2D eigenvalue weighted by atomic mass is 16.3. The Balaban J connectivity index is 2.33.